The van der Waals surface area contributed by atoms with E-state index in [1.54, 1.807) is 0 Å². The average molecular weight is 343 g/mol. The summed E-state index contributed by atoms with van der Waals surface area (Å²) in [6.45, 7) is 7.40. The summed E-state index contributed by atoms with van der Waals surface area (Å²) >= 11 is 0. The summed E-state index contributed by atoms with van der Waals surface area (Å²) in [4.78, 5) is 26.4. The number of nitrogens with zero attached hydrogens (tertiary/aromatic N) is 1. The van der Waals surface area contributed by atoms with E-state index in [0.717, 1.165) is 44.6 Å². The van der Waals surface area contributed by atoms with Gasteiger partial charge >= 0.3 is 0 Å². The van der Waals surface area contributed by atoms with Gasteiger partial charge in [-0.15, -0.1) is 0 Å². The molecular weight excluding hydrogens is 314 g/mol. The Balaban J connectivity index is 1.62. The summed E-state index contributed by atoms with van der Waals surface area (Å²) in [5, 5.41) is 6.39. The number of benzene rings is 1. The molecule has 1 spiro atoms. The van der Waals surface area contributed by atoms with Crippen molar-refractivity contribution in [3.8, 4) is 0 Å². The van der Waals surface area contributed by atoms with Gasteiger partial charge in [-0.05, 0) is 43.7 Å². The third kappa shape index (κ3) is 4.40. The van der Waals surface area contributed by atoms with Crippen molar-refractivity contribution < 1.29 is 9.59 Å². The lowest BCUT2D eigenvalue weighted by molar-refractivity contribution is -0.134. The van der Waals surface area contributed by atoms with Gasteiger partial charge in [0.05, 0.1) is 12.5 Å². The van der Waals surface area contributed by atoms with Gasteiger partial charge < -0.3 is 15.5 Å². The highest BCUT2D eigenvalue weighted by molar-refractivity contribution is 5.79. The molecule has 1 atom stereocenters. The smallest absolute Gasteiger partial charge is 0.224 e. The van der Waals surface area contributed by atoms with Crippen LogP contribution in [-0.2, 0) is 9.59 Å². The standard InChI is InChI=1S/C20H29N3O2/c1-15-3-5-17(6-4-15)18(22-16(2)24)13-19(25)23-11-8-20(9-12-23)7-10-21-14-20/h3-6,18,21H,7-14H2,1-2H3,(H,22,24). The SMILES string of the molecule is CC(=O)NC(CC(=O)N1CCC2(CCNC2)CC1)c1ccc(C)cc1. The second kappa shape index (κ2) is 7.56. The third-order valence-electron chi connectivity index (χ3n) is 5.74. The Morgan fingerprint density at radius 2 is 1.88 bits per heavy atom. The minimum Gasteiger partial charge on any atom is -0.349 e. The predicted octanol–water partition coefficient (Wildman–Crippen LogP) is 2.16. The highest BCUT2D eigenvalue weighted by Gasteiger charge is 2.38. The molecule has 136 valence electrons. The van der Waals surface area contributed by atoms with Crippen LogP contribution in [0.5, 0.6) is 0 Å². The summed E-state index contributed by atoms with van der Waals surface area (Å²) in [5.74, 6) is 0.0353. The summed E-state index contributed by atoms with van der Waals surface area (Å²) in [6, 6.07) is 7.78. The first-order valence-electron chi connectivity index (χ1n) is 9.30. The zero-order valence-electron chi connectivity index (χ0n) is 15.3. The Labute approximate surface area is 150 Å². The van der Waals surface area contributed by atoms with Crippen LogP contribution in [0.15, 0.2) is 24.3 Å². The van der Waals surface area contributed by atoms with E-state index < -0.39 is 0 Å². The van der Waals surface area contributed by atoms with Crippen molar-refractivity contribution in [1.29, 1.82) is 0 Å². The fraction of sp³-hybridized carbons (Fsp3) is 0.600. The normalized spacial score (nSPS) is 20.5. The lowest BCUT2D eigenvalue weighted by Crippen LogP contribution is -2.45. The number of nitrogens with one attached hydrogen (secondary N) is 2. The number of aryl methyl sites for hydroxylation is 1. The second-order valence-electron chi connectivity index (χ2n) is 7.68. The average Bonchev–Trinajstić information content (AvgIpc) is 3.03. The highest BCUT2D eigenvalue weighted by Crippen LogP contribution is 2.37. The Morgan fingerprint density at radius 3 is 2.44 bits per heavy atom. The van der Waals surface area contributed by atoms with E-state index in [4.69, 9.17) is 0 Å². The molecular formula is C20H29N3O2. The van der Waals surface area contributed by atoms with Gasteiger partial charge in [-0.2, -0.15) is 0 Å². The maximum atomic E-state index is 12.8. The van der Waals surface area contributed by atoms with Crippen LogP contribution in [0, 0.1) is 12.3 Å². The van der Waals surface area contributed by atoms with Crippen LogP contribution in [0.3, 0.4) is 0 Å². The molecule has 0 saturated carbocycles. The molecule has 3 rings (SSSR count). The molecule has 0 aromatic heterocycles. The van der Waals surface area contributed by atoms with Crippen LogP contribution in [0.25, 0.3) is 0 Å². The number of carbonyl (C=O) groups excluding carboxylic acids is 2. The van der Waals surface area contributed by atoms with Gasteiger partial charge in [0.1, 0.15) is 0 Å². The fourth-order valence-corrected chi connectivity index (χ4v) is 4.05. The van der Waals surface area contributed by atoms with E-state index >= 15 is 0 Å². The minimum atomic E-state index is -0.255. The molecule has 1 aromatic carbocycles. The van der Waals surface area contributed by atoms with Crippen LogP contribution in [-0.4, -0.2) is 42.9 Å². The Bertz CT molecular complexity index is 610. The van der Waals surface area contributed by atoms with Crippen LogP contribution in [0.2, 0.25) is 0 Å². The molecule has 0 radical (unpaired) electrons. The van der Waals surface area contributed by atoms with Crippen molar-refractivity contribution >= 4 is 11.8 Å². The van der Waals surface area contributed by atoms with Crippen molar-refractivity contribution in [1.82, 2.24) is 15.5 Å². The van der Waals surface area contributed by atoms with Gasteiger partial charge in [0, 0.05) is 26.6 Å². The van der Waals surface area contributed by atoms with Crippen molar-refractivity contribution in [2.75, 3.05) is 26.2 Å². The van der Waals surface area contributed by atoms with Gasteiger partial charge in [0.2, 0.25) is 11.8 Å². The Hall–Kier alpha value is -1.88. The number of rotatable bonds is 4. The molecule has 2 aliphatic heterocycles. The quantitative estimate of drug-likeness (QED) is 0.881. The van der Waals surface area contributed by atoms with Gasteiger partial charge in [-0.1, -0.05) is 29.8 Å². The first kappa shape index (κ1) is 17.9. The van der Waals surface area contributed by atoms with Crippen molar-refractivity contribution in [3.05, 3.63) is 35.4 Å². The monoisotopic (exact) mass is 343 g/mol. The number of hydrogen-bond donors (Lipinski definition) is 2. The van der Waals surface area contributed by atoms with Crippen LogP contribution in [0.4, 0.5) is 0 Å². The molecule has 25 heavy (non-hydrogen) atoms. The van der Waals surface area contributed by atoms with Crippen molar-refractivity contribution in [2.24, 2.45) is 5.41 Å². The Morgan fingerprint density at radius 1 is 1.20 bits per heavy atom. The summed E-state index contributed by atoms with van der Waals surface area (Å²) in [7, 11) is 0. The second-order valence-corrected chi connectivity index (χ2v) is 7.68. The van der Waals surface area contributed by atoms with Crippen molar-refractivity contribution in [2.45, 2.75) is 45.6 Å². The van der Waals surface area contributed by atoms with Crippen LogP contribution >= 0.6 is 0 Å². The first-order chi connectivity index (χ1) is 12.0. The van der Waals surface area contributed by atoms with E-state index in [1.165, 1.54) is 18.9 Å². The molecule has 2 aliphatic rings. The van der Waals surface area contributed by atoms with E-state index in [9.17, 15) is 9.59 Å². The molecule has 2 amide bonds. The van der Waals surface area contributed by atoms with Gasteiger partial charge in [-0.3, -0.25) is 9.59 Å². The zero-order valence-corrected chi connectivity index (χ0v) is 15.3. The number of likely N-dealkylation sites (tertiary alicyclic amines) is 1. The minimum absolute atomic E-state index is 0.104. The highest BCUT2D eigenvalue weighted by atomic mass is 16.2. The number of hydrogen-bond acceptors (Lipinski definition) is 3. The van der Waals surface area contributed by atoms with E-state index in [0.29, 0.717) is 11.8 Å². The molecule has 5 heteroatoms. The molecule has 2 heterocycles. The molecule has 1 unspecified atom stereocenters. The van der Waals surface area contributed by atoms with Crippen LogP contribution in [0.1, 0.15) is 49.8 Å². The first-order valence-corrected chi connectivity index (χ1v) is 9.30. The van der Waals surface area contributed by atoms with Gasteiger partial charge in [0.25, 0.3) is 0 Å². The lowest BCUT2D eigenvalue weighted by Gasteiger charge is -2.39. The molecule has 5 nitrogen and oxygen atoms in total. The summed E-state index contributed by atoms with van der Waals surface area (Å²) in [6.07, 6.45) is 3.73. The number of amides is 2. The van der Waals surface area contributed by atoms with E-state index in [1.807, 2.05) is 36.1 Å². The molecule has 2 fully saturated rings. The summed E-state index contributed by atoms with van der Waals surface area (Å²) < 4.78 is 0. The topological polar surface area (TPSA) is 61.4 Å². The predicted molar refractivity (Wildman–Crippen MR) is 98.1 cm³/mol. The fourth-order valence-electron chi connectivity index (χ4n) is 4.05. The zero-order chi connectivity index (χ0) is 17.9. The Kier molecular flexibility index (Phi) is 5.42. The number of carbonyl (C=O) groups is 2. The molecule has 2 N–H and O–H groups in total. The third-order valence-corrected chi connectivity index (χ3v) is 5.74. The maximum Gasteiger partial charge on any atom is 0.224 e. The van der Waals surface area contributed by atoms with E-state index in [-0.39, 0.29) is 17.9 Å². The number of piperidine rings is 1. The molecule has 0 bridgehead atoms. The largest absolute Gasteiger partial charge is 0.349 e. The summed E-state index contributed by atoms with van der Waals surface area (Å²) in [5.41, 5.74) is 2.57. The van der Waals surface area contributed by atoms with Gasteiger partial charge in [-0.25, -0.2) is 0 Å². The molecule has 0 aliphatic carbocycles. The lowest BCUT2D eigenvalue weighted by atomic mass is 9.78. The maximum absolute atomic E-state index is 12.8. The molecule has 1 aromatic rings. The van der Waals surface area contributed by atoms with E-state index in [2.05, 4.69) is 10.6 Å². The van der Waals surface area contributed by atoms with Gasteiger partial charge in [0.15, 0.2) is 0 Å². The van der Waals surface area contributed by atoms with Crippen molar-refractivity contribution in [3.63, 3.8) is 0 Å². The molecule has 2 saturated heterocycles. The van der Waals surface area contributed by atoms with Crippen LogP contribution < -0.4 is 10.6 Å².